The van der Waals surface area contributed by atoms with Crippen molar-refractivity contribution in [3.05, 3.63) is 29.8 Å². The third-order valence-corrected chi connectivity index (χ3v) is 2.13. The molecule has 0 radical (unpaired) electrons. The first-order valence-electron chi connectivity index (χ1n) is 5.66. The summed E-state index contributed by atoms with van der Waals surface area (Å²) in [5.74, 6) is 0.903. The molecule has 0 aliphatic rings. The van der Waals surface area contributed by atoms with Gasteiger partial charge in [0.1, 0.15) is 12.4 Å². The molecule has 1 aromatic rings. The summed E-state index contributed by atoms with van der Waals surface area (Å²) in [7, 11) is 1.69. The van der Waals surface area contributed by atoms with Gasteiger partial charge < -0.3 is 14.8 Å². The van der Waals surface area contributed by atoms with Gasteiger partial charge in [-0.2, -0.15) is 0 Å². The number of rotatable bonds is 7. The van der Waals surface area contributed by atoms with Crippen molar-refractivity contribution in [2.24, 2.45) is 0 Å². The molecule has 1 aromatic carbocycles. The minimum atomic E-state index is 0.503. The molecule has 3 nitrogen and oxygen atoms in total. The van der Waals surface area contributed by atoms with E-state index in [2.05, 4.69) is 19.2 Å². The van der Waals surface area contributed by atoms with Gasteiger partial charge in [0, 0.05) is 19.7 Å². The minimum absolute atomic E-state index is 0.503. The van der Waals surface area contributed by atoms with E-state index in [0.717, 1.165) is 17.9 Å². The molecule has 0 saturated carbocycles. The van der Waals surface area contributed by atoms with Crippen molar-refractivity contribution in [1.29, 1.82) is 0 Å². The number of methoxy groups -OCH3 is 1. The molecule has 0 spiro atoms. The molecular formula is C13H21NO2. The highest BCUT2D eigenvalue weighted by Crippen LogP contribution is 2.13. The Morgan fingerprint density at radius 1 is 1.31 bits per heavy atom. The van der Waals surface area contributed by atoms with Crippen LogP contribution in [0.5, 0.6) is 5.75 Å². The van der Waals surface area contributed by atoms with E-state index in [4.69, 9.17) is 9.47 Å². The number of benzene rings is 1. The second kappa shape index (κ2) is 7.25. The topological polar surface area (TPSA) is 30.5 Å². The first kappa shape index (κ1) is 13.0. The van der Waals surface area contributed by atoms with Crippen molar-refractivity contribution in [1.82, 2.24) is 5.32 Å². The minimum Gasteiger partial charge on any atom is -0.492 e. The second-order valence-electron chi connectivity index (χ2n) is 4.04. The summed E-state index contributed by atoms with van der Waals surface area (Å²) < 4.78 is 10.7. The summed E-state index contributed by atoms with van der Waals surface area (Å²) in [5, 5.41) is 3.31. The Morgan fingerprint density at radius 2 is 2.12 bits per heavy atom. The Kier molecular flexibility index (Phi) is 5.90. The van der Waals surface area contributed by atoms with E-state index in [9.17, 15) is 0 Å². The Bertz CT molecular complexity index is 300. The fourth-order valence-corrected chi connectivity index (χ4v) is 1.41. The predicted molar refractivity (Wildman–Crippen MR) is 65.8 cm³/mol. The van der Waals surface area contributed by atoms with Crippen LogP contribution in [0, 0.1) is 0 Å². The lowest BCUT2D eigenvalue weighted by Crippen LogP contribution is -2.27. The van der Waals surface area contributed by atoms with Crippen LogP contribution in [0.1, 0.15) is 19.4 Å². The molecule has 0 bridgehead atoms. The summed E-state index contributed by atoms with van der Waals surface area (Å²) in [6, 6.07) is 8.50. The van der Waals surface area contributed by atoms with Crippen molar-refractivity contribution < 1.29 is 9.47 Å². The first-order chi connectivity index (χ1) is 7.72. The zero-order valence-electron chi connectivity index (χ0n) is 10.3. The van der Waals surface area contributed by atoms with E-state index < -0.39 is 0 Å². The molecule has 0 atom stereocenters. The van der Waals surface area contributed by atoms with Crippen molar-refractivity contribution in [2.75, 3.05) is 20.3 Å². The molecule has 0 amide bonds. The molecule has 16 heavy (non-hydrogen) atoms. The lowest BCUT2D eigenvalue weighted by Gasteiger charge is -2.10. The Labute approximate surface area is 97.8 Å². The molecule has 0 fully saturated rings. The van der Waals surface area contributed by atoms with Crippen LogP contribution in [-0.2, 0) is 11.3 Å². The summed E-state index contributed by atoms with van der Waals surface area (Å²) in [6.45, 7) is 6.43. The maximum absolute atomic E-state index is 5.63. The first-order valence-corrected chi connectivity index (χ1v) is 5.66. The zero-order chi connectivity index (χ0) is 11.8. The number of hydrogen-bond donors (Lipinski definition) is 1. The lowest BCUT2D eigenvalue weighted by atomic mass is 10.2. The fraction of sp³-hybridized carbons (Fsp3) is 0.538. The van der Waals surface area contributed by atoms with E-state index in [1.54, 1.807) is 7.11 Å². The van der Waals surface area contributed by atoms with Gasteiger partial charge in [-0.05, 0) is 17.7 Å². The van der Waals surface area contributed by atoms with E-state index >= 15 is 0 Å². The van der Waals surface area contributed by atoms with Gasteiger partial charge in [-0.1, -0.05) is 26.0 Å². The molecule has 0 heterocycles. The monoisotopic (exact) mass is 223 g/mol. The van der Waals surface area contributed by atoms with Crippen LogP contribution in [0.4, 0.5) is 0 Å². The highest BCUT2D eigenvalue weighted by Gasteiger charge is 1.97. The summed E-state index contributed by atoms with van der Waals surface area (Å²) in [5.41, 5.74) is 1.14. The van der Waals surface area contributed by atoms with Crippen molar-refractivity contribution >= 4 is 0 Å². The highest BCUT2D eigenvalue weighted by atomic mass is 16.5. The largest absolute Gasteiger partial charge is 0.492 e. The number of hydrogen-bond acceptors (Lipinski definition) is 3. The average molecular weight is 223 g/mol. The smallest absolute Gasteiger partial charge is 0.119 e. The molecular weight excluding hydrogens is 202 g/mol. The van der Waals surface area contributed by atoms with Gasteiger partial charge in [-0.25, -0.2) is 0 Å². The van der Waals surface area contributed by atoms with Crippen LogP contribution in [0.2, 0.25) is 0 Å². The SMILES string of the molecule is COCc1cccc(OCCNC(C)C)c1. The molecule has 0 aliphatic carbocycles. The van der Waals surface area contributed by atoms with Gasteiger partial charge >= 0.3 is 0 Å². The average Bonchev–Trinajstić information content (AvgIpc) is 2.25. The number of nitrogens with one attached hydrogen (secondary N) is 1. The molecule has 1 N–H and O–H groups in total. The molecule has 3 heteroatoms. The predicted octanol–water partition coefficient (Wildman–Crippen LogP) is 2.21. The summed E-state index contributed by atoms with van der Waals surface area (Å²) >= 11 is 0. The van der Waals surface area contributed by atoms with Gasteiger partial charge in [0.2, 0.25) is 0 Å². The van der Waals surface area contributed by atoms with E-state index in [-0.39, 0.29) is 0 Å². The molecule has 0 aliphatic heterocycles. The van der Waals surface area contributed by atoms with Gasteiger partial charge in [0.05, 0.1) is 6.61 Å². The van der Waals surface area contributed by atoms with Crippen LogP contribution in [-0.4, -0.2) is 26.3 Å². The summed E-state index contributed by atoms with van der Waals surface area (Å²) in [6.07, 6.45) is 0. The third kappa shape index (κ3) is 5.14. The standard InChI is InChI=1S/C13H21NO2/c1-11(2)14-7-8-16-13-6-4-5-12(9-13)10-15-3/h4-6,9,11,14H,7-8,10H2,1-3H3. The second-order valence-corrected chi connectivity index (χ2v) is 4.04. The van der Waals surface area contributed by atoms with Gasteiger partial charge in [-0.3, -0.25) is 0 Å². The van der Waals surface area contributed by atoms with Crippen LogP contribution in [0.15, 0.2) is 24.3 Å². The van der Waals surface area contributed by atoms with E-state index in [0.29, 0.717) is 19.3 Å². The third-order valence-electron chi connectivity index (χ3n) is 2.13. The van der Waals surface area contributed by atoms with Crippen molar-refractivity contribution in [3.8, 4) is 5.75 Å². The molecule has 0 saturated heterocycles. The molecule has 1 rings (SSSR count). The lowest BCUT2D eigenvalue weighted by molar-refractivity contribution is 0.184. The molecule has 0 aromatic heterocycles. The van der Waals surface area contributed by atoms with E-state index in [1.165, 1.54) is 0 Å². The van der Waals surface area contributed by atoms with Crippen molar-refractivity contribution in [2.45, 2.75) is 26.5 Å². The Balaban J connectivity index is 2.33. The molecule has 0 unspecified atom stereocenters. The Hall–Kier alpha value is -1.06. The fourth-order valence-electron chi connectivity index (χ4n) is 1.41. The van der Waals surface area contributed by atoms with E-state index in [1.807, 2.05) is 24.3 Å². The molecule has 90 valence electrons. The van der Waals surface area contributed by atoms with Crippen molar-refractivity contribution in [3.63, 3.8) is 0 Å². The number of ether oxygens (including phenoxy) is 2. The maximum atomic E-state index is 5.63. The maximum Gasteiger partial charge on any atom is 0.119 e. The van der Waals surface area contributed by atoms with Crippen LogP contribution in [0.25, 0.3) is 0 Å². The van der Waals surface area contributed by atoms with Crippen LogP contribution >= 0.6 is 0 Å². The van der Waals surface area contributed by atoms with Gasteiger partial charge in [-0.15, -0.1) is 0 Å². The summed E-state index contributed by atoms with van der Waals surface area (Å²) in [4.78, 5) is 0. The van der Waals surface area contributed by atoms with Gasteiger partial charge in [0.15, 0.2) is 0 Å². The zero-order valence-corrected chi connectivity index (χ0v) is 10.3. The van der Waals surface area contributed by atoms with Crippen LogP contribution in [0.3, 0.4) is 0 Å². The quantitative estimate of drug-likeness (QED) is 0.719. The van der Waals surface area contributed by atoms with Crippen LogP contribution < -0.4 is 10.1 Å². The Morgan fingerprint density at radius 3 is 2.81 bits per heavy atom. The highest BCUT2D eigenvalue weighted by molar-refractivity contribution is 5.28. The normalized spacial score (nSPS) is 10.8. The van der Waals surface area contributed by atoms with Gasteiger partial charge in [0.25, 0.3) is 0 Å².